The SMILES string of the molecule is CN1CCSCC1C(=O)C1CCC1. The Morgan fingerprint density at radius 2 is 2.23 bits per heavy atom. The molecule has 13 heavy (non-hydrogen) atoms. The van der Waals surface area contributed by atoms with E-state index < -0.39 is 0 Å². The van der Waals surface area contributed by atoms with E-state index >= 15 is 0 Å². The molecule has 2 aliphatic rings. The van der Waals surface area contributed by atoms with Crippen LogP contribution >= 0.6 is 11.8 Å². The van der Waals surface area contributed by atoms with Crippen LogP contribution in [0.2, 0.25) is 0 Å². The molecule has 1 saturated carbocycles. The predicted octanol–water partition coefficient (Wildman–Crippen LogP) is 1.40. The van der Waals surface area contributed by atoms with Crippen molar-refractivity contribution in [3.8, 4) is 0 Å². The second-order valence-corrected chi connectivity index (χ2v) is 5.25. The number of nitrogens with zero attached hydrogens (tertiary/aromatic N) is 1. The average molecular weight is 199 g/mol. The number of likely N-dealkylation sites (N-methyl/N-ethyl adjacent to an activating group) is 1. The van der Waals surface area contributed by atoms with Crippen LogP contribution in [0.15, 0.2) is 0 Å². The van der Waals surface area contributed by atoms with Gasteiger partial charge in [0.25, 0.3) is 0 Å². The van der Waals surface area contributed by atoms with Crippen LogP contribution in [-0.2, 0) is 4.79 Å². The van der Waals surface area contributed by atoms with E-state index in [0.29, 0.717) is 11.7 Å². The minimum Gasteiger partial charge on any atom is -0.298 e. The Labute approximate surface area is 84.1 Å². The van der Waals surface area contributed by atoms with Gasteiger partial charge in [0.05, 0.1) is 6.04 Å². The van der Waals surface area contributed by atoms with Crippen molar-refractivity contribution in [2.75, 3.05) is 25.1 Å². The van der Waals surface area contributed by atoms with Crippen molar-refractivity contribution in [2.24, 2.45) is 5.92 Å². The summed E-state index contributed by atoms with van der Waals surface area (Å²) in [6, 6.07) is 0.226. The van der Waals surface area contributed by atoms with E-state index in [0.717, 1.165) is 25.1 Å². The molecule has 2 fully saturated rings. The summed E-state index contributed by atoms with van der Waals surface area (Å²) < 4.78 is 0. The number of thioether (sulfide) groups is 1. The maximum absolute atomic E-state index is 11.9. The van der Waals surface area contributed by atoms with Crippen molar-refractivity contribution >= 4 is 17.5 Å². The molecule has 0 spiro atoms. The fourth-order valence-corrected chi connectivity index (χ4v) is 3.18. The molecule has 0 aromatic carbocycles. The molecular formula is C10H17NOS. The minimum absolute atomic E-state index is 0.226. The number of ketones is 1. The highest BCUT2D eigenvalue weighted by Gasteiger charge is 2.34. The normalized spacial score (nSPS) is 31.3. The fourth-order valence-electron chi connectivity index (χ4n) is 1.95. The molecule has 1 aliphatic carbocycles. The summed E-state index contributed by atoms with van der Waals surface area (Å²) in [7, 11) is 2.08. The first-order valence-electron chi connectivity index (χ1n) is 5.11. The number of hydrogen-bond donors (Lipinski definition) is 0. The van der Waals surface area contributed by atoms with Gasteiger partial charge in [-0.2, -0.15) is 11.8 Å². The number of carbonyl (C=O) groups excluding carboxylic acids is 1. The largest absolute Gasteiger partial charge is 0.298 e. The lowest BCUT2D eigenvalue weighted by molar-refractivity contribution is -0.129. The summed E-state index contributed by atoms with van der Waals surface area (Å²) in [6.07, 6.45) is 3.56. The van der Waals surface area contributed by atoms with Crippen molar-refractivity contribution < 1.29 is 4.79 Å². The van der Waals surface area contributed by atoms with Crippen molar-refractivity contribution in [1.82, 2.24) is 4.90 Å². The van der Waals surface area contributed by atoms with E-state index in [4.69, 9.17) is 0 Å². The molecule has 1 heterocycles. The zero-order chi connectivity index (χ0) is 9.26. The van der Waals surface area contributed by atoms with Gasteiger partial charge in [0, 0.05) is 24.0 Å². The minimum atomic E-state index is 0.226. The molecule has 0 bridgehead atoms. The molecule has 1 unspecified atom stereocenters. The lowest BCUT2D eigenvalue weighted by atomic mass is 9.80. The van der Waals surface area contributed by atoms with Gasteiger partial charge in [-0.25, -0.2) is 0 Å². The second kappa shape index (κ2) is 4.01. The van der Waals surface area contributed by atoms with E-state index in [1.807, 2.05) is 11.8 Å². The van der Waals surface area contributed by atoms with Gasteiger partial charge in [-0.05, 0) is 19.9 Å². The van der Waals surface area contributed by atoms with Crippen molar-refractivity contribution in [1.29, 1.82) is 0 Å². The molecule has 1 saturated heterocycles. The lowest BCUT2D eigenvalue weighted by Gasteiger charge is -2.35. The smallest absolute Gasteiger partial charge is 0.153 e. The highest BCUT2D eigenvalue weighted by Crippen LogP contribution is 2.30. The molecule has 2 rings (SSSR count). The van der Waals surface area contributed by atoms with Crippen molar-refractivity contribution in [2.45, 2.75) is 25.3 Å². The van der Waals surface area contributed by atoms with Crippen LogP contribution in [0.5, 0.6) is 0 Å². The lowest BCUT2D eigenvalue weighted by Crippen LogP contribution is -2.48. The van der Waals surface area contributed by atoms with Gasteiger partial charge in [-0.1, -0.05) is 6.42 Å². The Morgan fingerprint density at radius 1 is 1.46 bits per heavy atom. The van der Waals surface area contributed by atoms with Crippen LogP contribution in [-0.4, -0.2) is 41.8 Å². The summed E-state index contributed by atoms with van der Waals surface area (Å²) in [5.41, 5.74) is 0. The third kappa shape index (κ3) is 1.91. The Hall–Kier alpha value is -0.0200. The van der Waals surface area contributed by atoms with Gasteiger partial charge in [0.1, 0.15) is 0 Å². The zero-order valence-corrected chi connectivity index (χ0v) is 8.98. The van der Waals surface area contributed by atoms with Crippen molar-refractivity contribution in [3.05, 3.63) is 0 Å². The monoisotopic (exact) mass is 199 g/mol. The number of hydrogen-bond acceptors (Lipinski definition) is 3. The van der Waals surface area contributed by atoms with E-state index in [1.165, 1.54) is 12.2 Å². The molecule has 3 heteroatoms. The Balaban J connectivity index is 1.93. The van der Waals surface area contributed by atoms with Gasteiger partial charge >= 0.3 is 0 Å². The molecular weight excluding hydrogens is 182 g/mol. The first kappa shape index (κ1) is 9.53. The summed E-state index contributed by atoms with van der Waals surface area (Å²) in [5, 5.41) is 0. The molecule has 1 atom stereocenters. The average Bonchev–Trinajstić information content (AvgIpc) is 2.01. The van der Waals surface area contributed by atoms with Crippen LogP contribution in [0, 0.1) is 5.92 Å². The Morgan fingerprint density at radius 3 is 2.77 bits per heavy atom. The van der Waals surface area contributed by atoms with Crippen LogP contribution in [0.3, 0.4) is 0 Å². The Kier molecular flexibility index (Phi) is 2.94. The third-order valence-corrected chi connectivity index (χ3v) is 4.25. The van der Waals surface area contributed by atoms with E-state index in [1.54, 1.807) is 0 Å². The van der Waals surface area contributed by atoms with Gasteiger partial charge in [0.2, 0.25) is 0 Å². The van der Waals surface area contributed by atoms with Gasteiger partial charge < -0.3 is 0 Å². The summed E-state index contributed by atoms with van der Waals surface area (Å²) >= 11 is 1.92. The summed E-state index contributed by atoms with van der Waals surface area (Å²) in [5.74, 6) is 3.13. The second-order valence-electron chi connectivity index (χ2n) is 4.10. The highest BCUT2D eigenvalue weighted by atomic mass is 32.2. The van der Waals surface area contributed by atoms with Gasteiger partial charge in [0.15, 0.2) is 5.78 Å². The van der Waals surface area contributed by atoms with E-state index in [2.05, 4.69) is 11.9 Å². The number of Topliss-reactive ketones (excluding diaryl/α,β-unsaturated/α-hetero) is 1. The first-order valence-corrected chi connectivity index (χ1v) is 6.26. The van der Waals surface area contributed by atoms with Crippen LogP contribution in [0.1, 0.15) is 19.3 Å². The molecule has 2 nitrogen and oxygen atoms in total. The molecule has 0 amide bonds. The van der Waals surface area contributed by atoms with Crippen LogP contribution < -0.4 is 0 Å². The number of carbonyl (C=O) groups is 1. The molecule has 0 aromatic heterocycles. The molecule has 0 N–H and O–H groups in total. The van der Waals surface area contributed by atoms with Crippen LogP contribution in [0.25, 0.3) is 0 Å². The quantitative estimate of drug-likeness (QED) is 0.670. The molecule has 0 radical (unpaired) electrons. The van der Waals surface area contributed by atoms with Crippen molar-refractivity contribution in [3.63, 3.8) is 0 Å². The Bertz CT molecular complexity index is 203. The van der Waals surface area contributed by atoms with Crippen LogP contribution in [0.4, 0.5) is 0 Å². The molecule has 0 aromatic rings. The fraction of sp³-hybridized carbons (Fsp3) is 0.900. The van der Waals surface area contributed by atoms with Gasteiger partial charge in [-0.3, -0.25) is 9.69 Å². The highest BCUT2D eigenvalue weighted by molar-refractivity contribution is 7.99. The maximum Gasteiger partial charge on any atom is 0.153 e. The van der Waals surface area contributed by atoms with E-state index in [9.17, 15) is 4.79 Å². The van der Waals surface area contributed by atoms with Gasteiger partial charge in [-0.15, -0.1) is 0 Å². The summed E-state index contributed by atoms with van der Waals surface area (Å²) in [4.78, 5) is 14.2. The predicted molar refractivity (Wildman–Crippen MR) is 56.1 cm³/mol. The zero-order valence-electron chi connectivity index (χ0n) is 8.16. The topological polar surface area (TPSA) is 20.3 Å². The first-order chi connectivity index (χ1) is 6.29. The maximum atomic E-state index is 11.9. The third-order valence-electron chi connectivity index (χ3n) is 3.23. The number of rotatable bonds is 2. The standard InChI is InChI=1S/C10H17NOS/c1-11-5-6-13-7-9(11)10(12)8-3-2-4-8/h8-9H,2-7H2,1H3. The molecule has 74 valence electrons. The van der Waals surface area contributed by atoms with E-state index in [-0.39, 0.29) is 6.04 Å². The summed E-state index contributed by atoms with van der Waals surface area (Å²) in [6.45, 7) is 1.08. The molecule has 1 aliphatic heterocycles.